The van der Waals surface area contributed by atoms with E-state index in [-0.39, 0.29) is 5.91 Å². The summed E-state index contributed by atoms with van der Waals surface area (Å²) in [6.07, 6.45) is 4.33. The minimum atomic E-state index is -0.477. The first-order valence-electron chi connectivity index (χ1n) is 9.46. The van der Waals surface area contributed by atoms with Crippen LogP contribution in [-0.4, -0.2) is 60.9 Å². The van der Waals surface area contributed by atoms with Gasteiger partial charge in [-0.15, -0.1) is 0 Å². The van der Waals surface area contributed by atoms with E-state index < -0.39 is 5.91 Å². The number of benzene rings is 2. The molecule has 0 unspecified atom stereocenters. The van der Waals surface area contributed by atoms with Gasteiger partial charge in [0.05, 0.1) is 6.54 Å². The first-order valence-corrected chi connectivity index (χ1v) is 9.46. The van der Waals surface area contributed by atoms with Gasteiger partial charge in [-0.05, 0) is 29.8 Å². The molecular weight excluding hydrogens is 352 g/mol. The van der Waals surface area contributed by atoms with Gasteiger partial charge in [-0.3, -0.25) is 19.4 Å². The Balaban J connectivity index is 1.38. The molecule has 0 radical (unpaired) electrons. The smallest absolute Gasteiger partial charge is 0.248 e. The highest BCUT2D eigenvalue weighted by molar-refractivity contribution is 5.95. The zero-order valence-electron chi connectivity index (χ0n) is 15.9. The Morgan fingerprint density at radius 3 is 2.21 bits per heavy atom. The second-order valence-corrected chi connectivity index (χ2v) is 6.88. The average Bonchev–Trinajstić information content (AvgIpc) is 2.70. The first kappa shape index (κ1) is 19.8. The number of anilines is 1. The number of nitrogens with zero attached hydrogens (tertiary/aromatic N) is 2. The number of primary amides is 1. The number of nitrogens with one attached hydrogen (secondary N) is 1. The van der Waals surface area contributed by atoms with E-state index in [0.717, 1.165) is 32.7 Å². The predicted octanol–water partition coefficient (Wildman–Crippen LogP) is 2.05. The van der Waals surface area contributed by atoms with Crippen molar-refractivity contribution < 1.29 is 9.59 Å². The summed E-state index contributed by atoms with van der Waals surface area (Å²) in [4.78, 5) is 27.9. The molecule has 6 heteroatoms. The molecule has 2 amide bonds. The van der Waals surface area contributed by atoms with E-state index in [0.29, 0.717) is 17.8 Å². The first-order chi connectivity index (χ1) is 13.6. The Morgan fingerprint density at radius 1 is 0.929 bits per heavy atom. The van der Waals surface area contributed by atoms with Crippen LogP contribution in [0.4, 0.5) is 5.69 Å². The number of rotatable bonds is 7. The van der Waals surface area contributed by atoms with Crippen molar-refractivity contribution >= 4 is 23.6 Å². The van der Waals surface area contributed by atoms with Crippen molar-refractivity contribution in [2.24, 2.45) is 5.73 Å². The quantitative estimate of drug-likeness (QED) is 0.773. The van der Waals surface area contributed by atoms with Crippen molar-refractivity contribution in [3.8, 4) is 0 Å². The van der Waals surface area contributed by atoms with Crippen LogP contribution in [0.2, 0.25) is 0 Å². The lowest BCUT2D eigenvalue weighted by molar-refractivity contribution is -0.117. The van der Waals surface area contributed by atoms with Gasteiger partial charge in [0, 0.05) is 44.0 Å². The summed E-state index contributed by atoms with van der Waals surface area (Å²) in [5, 5.41) is 2.86. The number of hydrogen-bond donors (Lipinski definition) is 2. The Hall–Kier alpha value is -2.96. The van der Waals surface area contributed by atoms with E-state index >= 15 is 0 Å². The number of piperazine rings is 1. The minimum absolute atomic E-state index is 0.0516. The average molecular weight is 378 g/mol. The predicted molar refractivity (Wildman–Crippen MR) is 112 cm³/mol. The second-order valence-electron chi connectivity index (χ2n) is 6.88. The lowest BCUT2D eigenvalue weighted by Crippen LogP contribution is -2.48. The van der Waals surface area contributed by atoms with Gasteiger partial charge in [-0.1, -0.05) is 42.5 Å². The molecule has 1 aliphatic heterocycles. The van der Waals surface area contributed by atoms with Crippen molar-refractivity contribution in [3.05, 3.63) is 71.8 Å². The van der Waals surface area contributed by atoms with Crippen molar-refractivity contribution in [3.63, 3.8) is 0 Å². The summed E-state index contributed by atoms with van der Waals surface area (Å²) < 4.78 is 0. The summed E-state index contributed by atoms with van der Waals surface area (Å²) in [5.41, 5.74) is 7.52. The van der Waals surface area contributed by atoms with Crippen LogP contribution in [0.5, 0.6) is 0 Å². The van der Waals surface area contributed by atoms with E-state index in [1.807, 2.05) is 18.2 Å². The van der Waals surface area contributed by atoms with Crippen molar-refractivity contribution in [1.29, 1.82) is 0 Å². The molecule has 0 aliphatic carbocycles. The van der Waals surface area contributed by atoms with Crippen molar-refractivity contribution in [2.45, 2.75) is 0 Å². The molecule has 1 saturated heterocycles. The fraction of sp³-hybridized carbons (Fsp3) is 0.273. The van der Waals surface area contributed by atoms with Crippen LogP contribution in [0.3, 0.4) is 0 Å². The number of carbonyl (C=O) groups is 2. The summed E-state index contributed by atoms with van der Waals surface area (Å²) in [5.74, 6) is -0.529. The van der Waals surface area contributed by atoms with Crippen LogP contribution in [0.15, 0.2) is 60.7 Å². The summed E-state index contributed by atoms with van der Waals surface area (Å²) in [6, 6.07) is 16.9. The van der Waals surface area contributed by atoms with Crippen LogP contribution in [0.25, 0.3) is 6.08 Å². The molecule has 3 N–H and O–H groups in total. The Kier molecular flexibility index (Phi) is 6.94. The highest BCUT2D eigenvalue weighted by Gasteiger charge is 2.18. The maximum Gasteiger partial charge on any atom is 0.248 e. The summed E-state index contributed by atoms with van der Waals surface area (Å²) in [7, 11) is 0. The fourth-order valence-corrected chi connectivity index (χ4v) is 3.15. The zero-order chi connectivity index (χ0) is 19.8. The molecule has 0 spiro atoms. The topological polar surface area (TPSA) is 78.7 Å². The molecule has 6 nitrogen and oxygen atoms in total. The van der Waals surface area contributed by atoms with E-state index in [1.165, 1.54) is 5.56 Å². The van der Waals surface area contributed by atoms with E-state index in [4.69, 9.17) is 5.73 Å². The molecule has 28 heavy (non-hydrogen) atoms. The highest BCUT2D eigenvalue weighted by atomic mass is 16.2. The zero-order valence-corrected chi connectivity index (χ0v) is 15.9. The molecule has 2 aromatic carbocycles. The van der Waals surface area contributed by atoms with E-state index in [9.17, 15) is 9.59 Å². The van der Waals surface area contributed by atoms with Crippen LogP contribution < -0.4 is 11.1 Å². The molecule has 0 saturated carbocycles. The Labute approximate surface area is 165 Å². The molecular formula is C22H26N4O2. The van der Waals surface area contributed by atoms with Crippen molar-refractivity contribution in [2.75, 3.05) is 44.6 Å². The summed E-state index contributed by atoms with van der Waals surface area (Å²) in [6.45, 7) is 4.91. The fourth-order valence-electron chi connectivity index (χ4n) is 3.15. The third-order valence-electron chi connectivity index (χ3n) is 4.76. The van der Waals surface area contributed by atoms with Crippen molar-refractivity contribution in [1.82, 2.24) is 9.80 Å². The Morgan fingerprint density at radius 2 is 1.57 bits per heavy atom. The SMILES string of the molecule is NC(=O)c1ccc(NC(=O)CN2CCN(C/C=C/c3ccccc3)CC2)cc1. The number of hydrogen-bond acceptors (Lipinski definition) is 4. The number of amides is 2. The molecule has 0 aromatic heterocycles. The lowest BCUT2D eigenvalue weighted by Gasteiger charge is -2.33. The van der Waals surface area contributed by atoms with Gasteiger partial charge in [-0.2, -0.15) is 0 Å². The van der Waals surface area contributed by atoms with Gasteiger partial charge in [-0.25, -0.2) is 0 Å². The number of nitrogens with two attached hydrogens (primary N) is 1. The maximum absolute atomic E-state index is 12.2. The largest absolute Gasteiger partial charge is 0.366 e. The molecule has 1 heterocycles. The minimum Gasteiger partial charge on any atom is -0.366 e. The van der Waals surface area contributed by atoms with Crippen LogP contribution in [-0.2, 0) is 4.79 Å². The molecule has 0 atom stereocenters. The Bertz CT molecular complexity index is 810. The van der Waals surface area contributed by atoms with Gasteiger partial charge >= 0.3 is 0 Å². The van der Waals surface area contributed by atoms with Gasteiger partial charge < -0.3 is 11.1 Å². The van der Waals surface area contributed by atoms with E-state index in [1.54, 1.807) is 24.3 Å². The molecule has 3 rings (SSSR count). The number of carbonyl (C=O) groups excluding carboxylic acids is 2. The summed E-state index contributed by atoms with van der Waals surface area (Å²) >= 11 is 0. The van der Waals surface area contributed by atoms with Gasteiger partial charge in [0.15, 0.2) is 0 Å². The molecule has 0 bridgehead atoms. The van der Waals surface area contributed by atoms with E-state index in [2.05, 4.69) is 39.4 Å². The van der Waals surface area contributed by atoms with Gasteiger partial charge in [0.1, 0.15) is 0 Å². The van der Waals surface area contributed by atoms with Crippen LogP contribution >= 0.6 is 0 Å². The molecule has 2 aromatic rings. The third kappa shape index (κ3) is 6.04. The maximum atomic E-state index is 12.2. The monoisotopic (exact) mass is 378 g/mol. The molecule has 146 valence electrons. The normalized spacial score (nSPS) is 15.6. The second kappa shape index (κ2) is 9.82. The van der Waals surface area contributed by atoms with Gasteiger partial charge in [0.25, 0.3) is 0 Å². The highest BCUT2D eigenvalue weighted by Crippen LogP contribution is 2.10. The van der Waals surface area contributed by atoms with Gasteiger partial charge in [0.2, 0.25) is 11.8 Å². The third-order valence-corrected chi connectivity index (χ3v) is 4.76. The molecule has 1 fully saturated rings. The lowest BCUT2D eigenvalue weighted by atomic mass is 10.2. The molecule has 1 aliphatic rings. The standard InChI is InChI=1S/C22H26N4O2/c23-22(28)19-8-10-20(11-9-19)24-21(27)17-26-15-13-25(14-16-26)12-4-7-18-5-2-1-3-6-18/h1-11H,12-17H2,(H2,23,28)(H,24,27)/b7-4+. The van der Waals surface area contributed by atoms with Crippen LogP contribution in [0.1, 0.15) is 15.9 Å². The van der Waals surface area contributed by atoms with Crippen LogP contribution in [0, 0.1) is 0 Å².